The molecule has 0 bridgehead atoms. The normalized spacial score (nSPS) is 15.2. The second-order valence-corrected chi connectivity index (χ2v) is 8.41. The number of carbonyl (C=O) groups excluding carboxylic acids is 2. The molecule has 2 aromatic carbocycles. The highest BCUT2D eigenvalue weighted by Gasteiger charge is 2.22. The molecule has 0 spiro atoms. The monoisotopic (exact) mass is 422 g/mol. The maximum Gasteiger partial charge on any atom is 0.264 e. The van der Waals surface area contributed by atoms with E-state index in [1.807, 2.05) is 36.4 Å². The fraction of sp³-hybridized carbons (Fsp3) is 0.462. The molecule has 1 saturated carbocycles. The minimum atomic E-state index is -0.197. The number of nitrogens with one attached hydrogen (secondary N) is 1. The van der Waals surface area contributed by atoms with Gasteiger partial charge in [0.05, 0.1) is 11.3 Å². The van der Waals surface area contributed by atoms with Crippen LogP contribution in [0.3, 0.4) is 0 Å². The van der Waals surface area contributed by atoms with Crippen molar-refractivity contribution in [1.29, 1.82) is 0 Å². The second kappa shape index (κ2) is 11.0. The summed E-state index contributed by atoms with van der Waals surface area (Å²) in [6.45, 7) is 4.20. The van der Waals surface area contributed by atoms with E-state index in [4.69, 9.17) is 4.74 Å². The Hall–Kier alpha value is -2.82. The van der Waals surface area contributed by atoms with Gasteiger partial charge in [-0.25, -0.2) is 0 Å². The zero-order chi connectivity index (χ0) is 22.2. The van der Waals surface area contributed by atoms with Crippen molar-refractivity contribution in [2.45, 2.75) is 64.3 Å². The van der Waals surface area contributed by atoms with Crippen LogP contribution in [-0.2, 0) is 4.79 Å². The molecule has 0 radical (unpaired) electrons. The zero-order valence-electron chi connectivity index (χ0n) is 18.9. The molecule has 3 rings (SSSR count). The number of nitrogens with zero attached hydrogens (tertiary/aromatic N) is 1. The molecule has 166 valence electrons. The highest BCUT2D eigenvalue weighted by molar-refractivity contribution is 6.05. The number of amides is 2. The van der Waals surface area contributed by atoms with Gasteiger partial charge in [0.1, 0.15) is 5.75 Å². The Morgan fingerprint density at radius 1 is 1.06 bits per heavy atom. The highest BCUT2D eigenvalue weighted by Crippen LogP contribution is 2.28. The number of carbonyl (C=O) groups is 2. The summed E-state index contributed by atoms with van der Waals surface area (Å²) >= 11 is 0. The van der Waals surface area contributed by atoms with Gasteiger partial charge in [0.25, 0.3) is 11.8 Å². The van der Waals surface area contributed by atoms with E-state index in [0.717, 1.165) is 43.4 Å². The minimum Gasteiger partial charge on any atom is -0.483 e. The van der Waals surface area contributed by atoms with Crippen molar-refractivity contribution < 1.29 is 14.3 Å². The smallest absolute Gasteiger partial charge is 0.264 e. The van der Waals surface area contributed by atoms with Crippen LogP contribution >= 0.6 is 0 Å². The van der Waals surface area contributed by atoms with Crippen LogP contribution in [0.15, 0.2) is 48.5 Å². The number of rotatable bonds is 8. The Morgan fingerprint density at radius 2 is 1.74 bits per heavy atom. The van der Waals surface area contributed by atoms with Crippen molar-refractivity contribution in [2.24, 2.45) is 0 Å². The first-order valence-electron chi connectivity index (χ1n) is 11.4. The van der Waals surface area contributed by atoms with Gasteiger partial charge in [-0.05, 0) is 48.9 Å². The number of ether oxygens (including phenoxy) is 1. The summed E-state index contributed by atoms with van der Waals surface area (Å²) in [6, 6.07) is 15.3. The third-order valence-electron chi connectivity index (χ3n) is 6.24. The summed E-state index contributed by atoms with van der Waals surface area (Å²) in [5.41, 5.74) is 2.22. The number of para-hydroxylation sites is 2. The van der Waals surface area contributed by atoms with Crippen LogP contribution in [0.2, 0.25) is 0 Å². The quantitative estimate of drug-likeness (QED) is 0.628. The molecule has 2 amide bonds. The largest absolute Gasteiger partial charge is 0.483 e. The summed E-state index contributed by atoms with van der Waals surface area (Å²) in [4.78, 5) is 27.3. The third-order valence-corrected chi connectivity index (χ3v) is 6.24. The Morgan fingerprint density at radius 3 is 2.48 bits per heavy atom. The molecular formula is C26H34N2O3. The van der Waals surface area contributed by atoms with Crippen molar-refractivity contribution in [1.82, 2.24) is 5.32 Å². The molecule has 2 aromatic rings. The number of benzene rings is 2. The molecule has 0 saturated heterocycles. The minimum absolute atomic E-state index is 0.0808. The number of likely N-dealkylation sites (N-methyl/N-ethyl adjacent to an activating group) is 1. The molecule has 1 N–H and O–H groups in total. The van der Waals surface area contributed by atoms with Gasteiger partial charge in [-0.1, -0.05) is 63.4 Å². The molecule has 1 aliphatic carbocycles. The van der Waals surface area contributed by atoms with Crippen molar-refractivity contribution in [3.8, 4) is 5.75 Å². The van der Waals surface area contributed by atoms with E-state index in [2.05, 4.69) is 19.2 Å². The first-order valence-corrected chi connectivity index (χ1v) is 11.4. The Labute approximate surface area is 185 Å². The third kappa shape index (κ3) is 5.87. The predicted octanol–water partition coefficient (Wildman–Crippen LogP) is 5.30. The molecule has 5 nitrogen and oxygen atoms in total. The van der Waals surface area contributed by atoms with Gasteiger partial charge in [0, 0.05) is 13.1 Å². The molecule has 1 fully saturated rings. The molecule has 0 aromatic heterocycles. The molecule has 31 heavy (non-hydrogen) atoms. The maximum absolute atomic E-state index is 12.9. The SMILES string of the molecule is CCC(C)c1ccccc1OCC(=O)N(C)c1ccccc1C(=O)NC1CCCCC1. The van der Waals surface area contributed by atoms with E-state index in [0.29, 0.717) is 17.2 Å². The standard InChI is InChI=1S/C26H34N2O3/c1-4-19(2)21-14-9-11-17-24(21)31-18-25(29)28(3)23-16-10-8-15-22(23)26(30)27-20-12-6-5-7-13-20/h8-11,14-17,19-20H,4-7,12-13,18H2,1-3H3,(H,27,30). The Kier molecular flexibility index (Phi) is 8.10. The summed E-state index contributed by atoms with van der Waals surface area (Å²) in [5.74, 6) is 0.775. The van der Waals surface area contributed by atoms with Crippen molar-refractivity contribution in [2.75, 3.05) is 18.6 Å². The van der Waals surface area contributed by atoms with Gasteiger partial charge >= 0.3 is 0 Å². The maximum atomic E-state index is 12.9. The molecule has 1 aliphatic rings. The fourth-order valence-corrected chi connectivity index (χ4v) is 4.08. The van der Waals surface area contributed by atoms with Crippen molar-refractivity contribution in [3.63, 3.8) is 0 Å². The Bertz CT molecular complexity index is 890. The number of hydrogen-bond donors (Lipinski definition) is 1. The lowest BCUT2D eigenvalue weighted by Gasteiger charge is -2.25. The Balaban J connectivity index is 1.68. The van der Waals surface area contributed by atoms with Crippen LogP contribution in [0.1, 0.15) is 74.2 Å². The van der Waals surface area contributed by atoms with Gasteiger partial charge in [-0.2, -0.15) is 0 Å². The summed E-state index contributed by atoms with van der Waals surface area (Å²) < 4.78 is 5.89. The summed E-state index contributed by atoms with van der Waals surface area (Å²) in [5, 5.41) is 3.15. The van der Waals surface area contributed by atoms with Crippen LogP contribution in [0, 0.1) is 0 Å². The lowest BCUT2D eigenvalue weighted by Crippen LogP contribution is -2.38. The molecular weight excluding hydrogens is 388 g/mol. The van der Waals surface area contributed by atoms with E-state index in [1.165, 1.54) is 11.3 Å². The van der Waals surface area contributed by atoms with Crippen LogP contribution in [0.25, 0.3) is 0 Å². The van der Waals surface area contributed by atoms with Crippen LogP contribution in [0.4, 0.5) is 5.69 Å². The second-order valence-electron chi connectivity index (χ2n) is 8.41. The van der Waals surface area contributed by atoms with Crippen LogP contribution in [0.5, 0.6) is 5.75 Å². The first-order chi connectivity index (χ1) is 15.0. The van der Waals surface area contributed by atoms with Gasteiger partial charge in [0.2, 0.25) is 0 Å². The zero-order valence-corrected chi connectivity index (χ0v) is 18.9. The molecule has 1 atom stereocenters. The number of hydrogen-bond acceptors (Lipinski definition) is 3. The van der Waals surface area contributed by atoms with Crippen LogP contribution in [-0.4, -0.2) is 31.5 Å². The average molecular weight is 423 g/mol. The van der Waals surface area contributed by atoms with E-state index in [-0.39, 0.29) is 24.5 Å². The summed E-state index contributed by atoms with van der Waals surface area (Å²) in [7, 11) is 1.69. The summed E-state index contributed by atoms with van der Waals surface area (Å²) in [6.07, 6.45) is 6.58. The van der Waals surface area contributed by atoms with Gasteiger partial charge in [0.15, 0.2) is 6.61 Å². The van der Waals surface area contributed by atoms with Gasteiger partial charge < -0.3 is 15.0 Å². The molecule has 1 unspecified atom stereocenters. The van der Waals surface area contributed by atoms with Crippen molar-refractivity contribution >= 4 is 17.5 Å². The fourth-order valence-electron chi connectivity index (χ4n) is 4.08. The van der Waals surface area contributed by atoms with Gasteiger partial charge in [-0.15, -0.1) is 0 Å². The van der Waals surface area contributed by atoms with E-state index in [9.17, 15) is 9.59 Å². The highest BCUT2D eigenvalue weighted by atomic mass is 16.5. The van der Waals surface area contributed by atoms with E-state index in [1.54, 1.807) is 19.2 Å². The number of anilines is 1. The van der Waals surface area contributed by atoms with E-state index >= 15 is 0 Å². The lowest BCUT2D eigenvalue weighted by molar-refractivity contribution is -0.120. The predicted molar refractivity (Wildman–Crippen MR) is 125 cm³/mol. The molecule has 0 aliphatic heterocycles. The van der Waals surface area contributed by atoms with Crippen molar-refractivity contribution in [3.05, 3.63) is 59.7 Å². The molecule has 0 heterocycles. The van der Waals surface area contributed by atoms with Crippen LogP contribution < -0.4 is 15.0 Å². The van der Waals surface area contributed by atoms with E-state index < -0.39 is 0 Å². The molecule has 5 heteroatoms. The average Bonchev–Trinajstić information content (AvgIpc) is 2.82. The first kappa shape index (κ1) is 22.9. The van der Waals surface area contributed by atoms with Gasteiger partial charge in [-0.3, -0.25) is 9.59 Å². The topological polar surface area (TPSA) is 58.6 Å². The lowest BCUT2D eigenvalue weighted by atomic mass is 9.95.